The van der Waals surface area contributed by atoms with Crippen molar-refractivity contribution in [2.45, 2.75) is 5.03 Å². The quantitative estimate of drug-likeness (QED) is 0.527. The lowest BCUT2D eigenvalue weighted by Crippen LogP contribution is -2.16. The number of hydrogen-bond acceptors (Lipinski definition) is 6. The normalized spacial score (nSPS) is 11.5. The Bertz CT molecular complexity index is 1200. The molecule has 4 heterocycles. The van der Waals surface area contributed by atoms with Gasteiger partial charge in [0.1, 0.15) is 11.3 Å². The number of aromatic nitrogens is 3. The maximum Gasteiger partial charge on any atom is 0.279 e. The van der Waals surface area contributed by atoms with Gasteiger partial charge in [0.15, 0.2) is 5.03 Å². The number of hydrogen-bond donors (Lipinski definition) is 2. The monoisotopic (exact) mass is 367 g/mol. The zero-order valence-corrected chi connectivity index (χ0v) is 14.1. The molecule has 4 rings (SSSR count). The summed E-state index contributed by atoms with van der Waals surface area (Å²) in [6, 6.07) is 8.56. The molecule has 9 heteroatoms. The smallest absolute Gasteiger partial charge is 0.279 e. The molecule has 26 heavy (non-hydrogen) atoms. The number of furan rings is 1. The Morgan fingerprint density at radius 1 is 1.15 bits per heavy atom. The Morgan fingerprint density at radius 2 is 2.04 bits per heavy atom. The molecule has 0 bridgehead atoms. The topological polar surface area (TPSA) is 113 Å². The van der Waals surface area contributed by atoms with E-state index >= 15 is 0 Å². The number of sulfonamides is 1. The van der Waals surface area contributed by atoms with Crippen LogP contribution in [0.25, 0.3) is 16.8 Å². The second-order valence-electron chi connectivity index (χ2n) is 5.44. The lowest BCUT2D eigenvalue weighted by atomic mass is 10.1. The van der Waals surface area contributed by atoms with Gasteiger partial charge in [0.05, 0.1) is 24.4 Å². The molecule has 2 N–H and O–H groups in total. The number of nitrogens with zero attached hydrogens (tertiary/aromatic N) is 3. The van der Waals surface area contributed by atoms with Gasteiger partial charge in [0.25, 0.3) is 10.0 Å². The van der Waals surface area contributed by atoms with E-state index < -0.39 is 10.0 Å². The molecule has 4 aromatic heterocycles. The molecular formula is C17H13N5O3S. The van der Waals surface area contributed by atoms with Crippen molar-refractivity contribution in [2.75, 3.05) is 4.72 Å². The summed E-state index contributed by atoms with van der Waals surface area (Å²) in [5, 5.41) is 7.48. The van der Waals surface area contributed by atoms with Crippen LogP contribution in [0.3, 0.4) is 0 Å². The van der Waals surface area contributed by atoms with Gasteiger partial charge in [-0.15, -0.1) is 0 Å². The van der Waals surface area contributed by atoms with Crippen LogP contribution >= 0.6 is 0 Å². The number of anilines is 1. The van der Waals surface area contributed by atoms with Crippen LogP contribution in [-0.2, 0) is 10.0 Å². The average Bonchev–Trinajstić information content (AvgIpc) is 3.31. The van der Waals surface area contributed by atoms with Crippen molar-refractivity contribution < 1.29 is 12.8 Å². The second kappa shape index (κ2) is 6.12. The molecule has 4 aromatic rings. The molecule has 0 fully saturated rings. The maximum atomic E-state index is 12.8. The predicted octanol–water partition coefficient (Wildman–Crippen LogP) is 2.79. The molecule has 0 radical (unpaired) electrons. The van der Waals surface area contributed by atoms with Crippen LogP contribution in [0.5, 0.6) is 0 Å². The highest BCUT2D eigenvalue weighted by Gasteiger charge is 2.21. The van der Waals surface area contributed by atoms with Gasteiger partial charge in [0, 0.05) is 29.7 Å². The minimum absolute atomic E-state index is 0.00209. The lowest BCUT2D eigenvalue weighted by molar-refractivity contribution is 0.568. The van der Waals surface area contributed by atoms with Gasteiger partial charge < -0.3 is 9.83 Å². The first-order chi connectivity index (χ1) is 12.6. The molecule has 0 amide bonds. The summed E-state index contributed by atoms with van der Waals surface area (Å²) in [4.78, 5) is 8.25. The molecule has 8 nitrogen and oxygen atoms in total. The highest BCUT2D eigenvalue weighted by atomic mass is 32.2. The Morgan fingerprint density at radius 3 is 2.81 bits per heavy atom. The Labute approximate surface area is 148 Å². The maximum absolute atomic E-state index is 12.8. The Kier molecular flexibility index (Phi) is 3.77. The molecule has 130 valence electrons. The summed E-state index contributed by atoms with van der Waals surface area (Å²) in [6.07, 6.45) is 8.50. The van der Waals surface area contributed by atoms with E-state index in [1.807, 2.05) is 0 Å². The highest BCUT2D eigenvalue weighted by Crippen LogP contribution is 2.26. The standard InChI is InChI=1S/C17H13N5O3S/c18-8-15-14(7-13(9-19-15)12-4-6-25-11-12)21-26(23,24)17-10-20-16-3-1-2-5-22(16)17/h1-11,18,21H. The van der Waals surface area contributed by atoms with Gasteiger partial charge in [-0.3, -0.25) is 14.1 Å². The molecule has 0 saturated carbocycles. The third-order valence-corrected chi connectivity index (χ3v) is 5.15. The molecule has 0 unspecified atom stereocenters. The van der Waals surface area contributed by atoms with Crippen molar-refractivity contribution in [3.8, 4) is 11.1 Å². The number of imidazole rings is 1. The molecule has 0 aliphatic carbocycles. The van der Waals surface area contributed by atoms with E-state index in [1.54, 1.807) is 42.7 Å². The summed E-state index contributed by atoms with van der Waals surface area (Å²) in [6.45, 7) is 0. The summed E-state index contributed by atoms with van der Waals surface area (Å²) in [5.74, 6) is 0. The fourth-order valence-corrected chi connectivity index (χ4v) is 3.73. The van der Waals surface area contributed by atoms with Gasteiger partial charge in [-0.2, -0.15) is 8.42 Å². The molecule has 0 saturated heterocycles. The average molecular weight is 367 g/mol. The van der Waals surface area contributed by atoms with Crippen molar-refractivity contribution in [3.05, 3.63) is 67.1 Å². The van der Waals surface area contributed by atoms with E-state index in [1.165, 1.54) is 23.1 Å². The number of rotatable bonds is 5. The van der Waals surface area contributed by atoms with Crippen LogP contribution in [0.15, 0.2) is 70.9 Å². The van der Waals surface area contributed by atoms with Crippen molar-refractivity contribution >= 4 is 27.6 Å². The first-order valence-corrected chi connectivity index (χ1v) is 9.05. The lowest BCUT2D eigenvalue weighted by Gasteiger charge is -2.11. The van der Waals surface area contributed by atoms with E-state index in [4.69, 9.17) is 9.83 Å². The van der Waals surface area contributed by atoms with E-state index in [0.717, 1.165) is 11.8 Å². The molecule has 0 atom stereocenters. The summed E-state index contributed by atoms with van der Waals surface area (Å²) >= 11 is 0. The van der Waals surface area contributed by atoms with E-state index in [0.29, 0.717) is 11.2 Å². The number of pyridine rings is 2. The van der Waals surface area contributed by atoms with Gasteiger partial charge in [-0.05, 0) is 24.3 Å². The Hall–Kier alpha value is -3.46. The fourth-order valence-electron chi connectivity index (χ4n) is 2.56. The predicted molar refractivity (Wildman–Crippen MR) is 95.8 cm³/mol. The molecule has 0 aliphatic rings. The van der Waals surface area contributed by atoms with Crippen LogP contribution in [0.1, 0.15) is 5.69 Å². The SMILES string of the molecule is N=Cc1ncc(-c2ccoc2)cc1NS(=O)(=O)c1cnc2ccccn12. The molecular weight excluding hydrogens is 354 g/mol. The summed E-state index contributed by atoms with van der Waals surface area (Å²) in [5.41, 5.74) is 2.34. The number of nitrogens with one attached hydrogen (secondary N) is 2. The summed E-state index contributed by atoms with van der Waals surface area (Å²) in [7, 11) is -3.93. The van der Waals surface area contributed by atoms with Gasteiger partial charge in [-0.25, -0.2) is 4.98 Å². The Balaban J connectivity index is 1.78. The fraction of sp³-hybridized carbons (Fsp3) is 0. The van der Waals surface area contributed by atoms with Gasteiger partial charge >= 0.3 is 0 Å². The molecule has 0 aliphatic heterocycles. The van der Waals surface area contributed by atoms with Crippen LogP contribution in [-0.4, -0.2) is 29.0 Å². The van der Waals surface area contributed by atoms with Gasteiger partial charge in [0.2, 0.25) is 0 Å². The van der Waals surface area contributed by atoms with Crippen molar-refractivity contribution in [1.29, 1.82) is 5.41 Å². The highest BCUT2D eigenvalue weighted by molar-refractivity contribution is 7.92. The van der Waals surface area contributed by atoms with E-state index in [9.17, 15) is 8.42 Å². The van der Waals surface area contributed by atoms with Crippen LogP contribution in [0, 0.1) is 5.41 Å². The largest absolute Gasteiger partial charge is 0.472 e. The van der Waals surface area contributed by atoms with E-state index in [2.05, 4.69) is 14.7 Å². The summed E-state index contributed by atoms with van der Waals surface area (Å²) < 4.78 is 34.7. The third-order valence-electron chi connectivity index (χ3n) is 3.81. The second-order valence-corrected chi connectivity index (χ2v) is 7.07. The zero-order valence-electron chi connectivity index (χ0n) is 13.3. The molecule has 0 aromatic carbocycles. The first kappa shape index (κ1) is 16.0. The minimum Gasteiger partial charge on any atom is -0.472 e. The van der Waals surface area contributed by atoms with Crippen LogP contribution in [0.4, 0.5) is 5.69 Å². The zero-order chi connectivity index (χ0) is 18.1. The molecule has 0 spiro atoms. The number of fused-ring (bicyclic) bond motifs is 1. The van der Waals surface area contributed by atoms with Crippen molar-refractivity contribution in [1.82, 2.24) is 14.4 Å². The van der Waals surface area contributed by atoms with Crippen LogP contribution in [0.2, 0.25) is 0 Å². The van der Waals surface area contributed by atoms with E-state index in [-0.39, 0.29) is 16.4 Å². The minimum atomic E-state index is -3.93. The third kappa shape index (κ3) is 2.74. The van der Waals surface area contributed by atoms with Crippen LogP contribution < -0.4 is 4.72 Å². The van der Waals surface area contributed by atoms with Crippen molar-refractivity contribution in [3.63, 3.8) is 0 Å². The first-order valence-electron chi connectivity index (χ1n) is 7.56. The van der Waals surface area contributed by atoms with Crippen molar-refractivity contribution in [2.24, 2.45) is 0 Å². The van der Waals surface area contributed by atoms with Gasteiger partial charge in [-0.1, -0.05) is 6.07 Å².